The lowest BCUT2D eigenvalue weighted by Crippen LogP contribution is -2.37. The van der Waals surface area contributed by atoms with Gasteiger partial charge in [0.15, 0.2) is 0 Å². The number of para-hydroxylation sites is 1. The second-order valence-corrected chi connectivity index (χ2v) is 5.58. The van der Waals surface area contributed by atoms with Gasteiger partial charge in [-0.15, -0.1) is 0 Å². The first-order valence-electron chi connectivity index (χ1n) is 7.45. The SMILES string of the molecule is O=C(CCN1CCCC1)N1CCCc2ccccc21. The van der Waals surface area contributed by atoms with E-state index in [0.717, 1.165) is 31.6 Å². The third-order valence-corrected chi connectivity index (χ3v) is 4.25. The van der Waals surface area contributed by atoms with E-state index in [1.165, 1.54) is 31.5 Å². The van der Waals surface area contributed by atoms with Gasteiger partial charge in [-0.25, -0.2) is 0 Å². The molecule has 0 bridgehead atoms. The van der Waals surface area contributed by atoms with Crippen molar-refractivity contribution in [3.63, 3.8) is 0 Å². The highest BCUT2D eigenvalue weighted by molar-refractivity contribution is 5.94. The lowest BCUT2D eigenvalue weighted by Gasteiger charge is -2.30. The molecule has 2 aliphatic rings. The van der Waals surface area contributed by atoms with Crippen molar-refractivity contribution in [1.82, 2.24) is 4.90 Å². The number of benzene rings is 1. The maximum Gasteiger partial charge on any atom is 0.228 e. The molecule has 19 heavy (non-hydrogen) atoms. The van der Waals surface area contributed by atoms with Crippen LogP contribution in [0.1, 0.15) is 31.2 Å². The van der Waals surface area contributed by atoms with Crippen LogP contribution >= 0.6 is 0 Å². The van der Waals surface area contributed by atoms with Crippen LogP contribution in [-0.4, -0.2) is 37.0 Å². The molecule has 1 saturated heterocycles. The lowest BCUT2D eigenvalue weighted by molar-refractivity contribution is -0.119. The van der Waals surface area contributed by atoms with E-state index in [1.54, 1.807) is 0 Å². The number of hydrogen-bond acceptors (Lipinski definition) is 2. The Bertz CT molecular complexity index is 452. The predicted molar refractivity (Wildman–Crippen MR) is 77.4 cm³/mol. The van der Waals surface area contributed by atoms with Gasteiger partial charge in [0.1, 0.15) is 0 Å². The van der Waals surface area contributed by atoms with Gasteiger partial charge < -0.3 is 9.80 Å². The molecular formula is C16H22N2O. The molecule has 3 nitrogen and oxygen atoms in total. The Kier molecular flexibility index (Phi) is 3.83. The topological polar surface area (TPSA) is 23.6 Å². The van der Waals surface area contributed by atoms with Crippen molar-refractivity contribution in [2.24, 2.45) is 0 Å². The first kappa shape index (κ1) is 12.7. The Morgan fingerprint density at radius 3 is 2.68 bits per heavy atom. The summed E-state index contributed by atoms with van der Waals surface area (Å²) in [4.78, 5) is 16.8. The summed E-state index contributed by atoms with van der Waals surface area (Å²) >= 11 is 0. The molecular weight excluding hydrogens is 236 g/mol. The van der Waals surface area contributed by atoms with Gasteiger partial charge >= 0.3 is 0 Å². The summed E-state index contributed by atoms with van der Waals surface area (Å²) in [5.41, 5.74) is 2.46. The highest BCUT2D eigenvalue weighted by atomic mass is 16.2. The standard InChI is InChI=1S/C16H22N2O/c19-16(9-13-17-10-3-4-11-17)18-12-5-7-14-6-1-2-8-15(14)18/h1-2,6,8H,3-5,7,9-13H2. The molecule has 0 saturated carbocycles. The average molecular weight is 258 g/mol. The van der Waals surface area contributed by atoms with Gasteiger partial charge in [0.05, 0.1) is 0 Å². The maximum atomic E-state index is 12.4. The van der Waals surface area contributed by atoms with Crippen LogP contribution in [0.2, 0.25) is 0 Å². The lowest BCUT2D eigenvalue weighted by atomic mass is 10.0. The molecule has 1 amide bonds. The molecule has 0 N–H and O–H groups in total. The number of carbonyl (C=O) groups is 1. The van der Waals surface area contributed by atoms with Crippen LogP contribution in [0.4, 0.5) is 5.69 Å². The van der Waals surface area contributed by atoms with E-state index < -0.39 is 0 Å². The molecule has 3 heteroatoms. The number of likely N-dealkylation sites (tertiary alicyclic amines) is 1. The number of aryl methyl sites for hydroxylation is 1. The van der Waals surface area contributed by atoms with Crippen molar-refractivity contribution in [1.29, 1.82) is 0 Å². The molecule has 1 aromatic rings. The van der Waals surface area contributed by atoms with Gasteiger partial charge in [-0.2, -0.15) is 0 Å². The Morgan fingerprint density at radius 2 is 1.84 bits per heavy atom. The van der Waals surface area contributed by atoms with Crippen LogP contribution in [0, 0.1) is 0 Å². The quantitative estimate of drug-likeness (QED) is 0.831. The molecule has 0 aliphatic carbocycles. The largest absolute Gasteiger partial charge is 0.312 e. The zero-order valence-corrected chi connectivity index (χ0v) is 11.5. The number of fused-ring (bicyclic) bond motifs is 1. The molecule has 1 aromatic carbocycles. The molecule has 0 unspecified atom stereocenters. The molecule has 0 spiro atoms. The Morgan fingerprint density at radius 1 is 1.05 bits per heavy atom. The van der Waals surface area contributed by atoms with Crippen LogP contribution in [-0.2, 0) is 11.2 Å². The molecule has 2 heterocycles. The van der Waals surface area contributed by atoms with Crippen molar-refractivity contribution in [3.05, 3.63) is 29.8 Å². The minimum atomic E-state index is 0.291. The summed E-state index contributed by atoms with van der Waals surface area (Å²) in [5, 5.41) is 0. The zero-order chi connectivity index (χ0) is 13.1. The van der Waals surface area contributed by atoms with Crippen molar-refractivity contribution < 1.29 is 4.79 Å². The zero-order valence-electron chi connectivity index (χ0n) is 11.5. The normalized spacial score (nSPS) is 19.5. The monoisotopic (exact) mass is 258 g/mol. The third kappa shape index (κ3) is 2.81. The number of anilines is 1. The molecule has 0 radical (unpaired) electrons. The number of rotatable bonds is 3. The second kappa shape index (κ2) is 5.74. The summed E-state index contributed by atoms with van der Waals surface area (Å²) in [7, 11) is 0. The van der Waals surface area contributed by atoms with Crippen LogP contribution in [0.15, 0.2) is 24.3 Å². The Labute approximate surface area is 115 Å². The van der Waals surface area contributed by atoms with Gasteiger partial charge in [-0.3, -0.25) is 4.79 Å². The van der Waals surface area contributed by atoms with E-state index in [-0.39, 0.29) is 0 Å². The van der Waals surface area contributed by atoms with Gasteiger partial charge in [0, 0.05) is 25.2 Å². The van der Waals surface area contributed by atoms with Crippen molar-refractivity contribution in [3.8, 4) is 0 Å². The summed E-state index contributed by atoms with van der Waals surface area (Å²) in [6, 6.07) is 8.33. The van der Waals surface area contributed by atoms with Crippen LogP contribution in [0.3, 0.4) is 0 Å². The van der Waals surface area contributed by atoms with Crippen LogP contribution < -0.4 is 4.90 Å². The van der Waals surface area contributed by atoms with E-state index in [2.05, 4.69) is 23.1 Å². The van der Waals surface area contributed by atoms with Gasteiger partial charge in [-0.05, 0) is 50.4 Å². The Balaban J connectivity index is 1.64. The average Bonchev–Trinajstić information content (AvgIpc) is 2.97. The fourth-order valence-corrected chi connectivity index (χ4v) is 3.19. The van der Waals surface area contributed by atoms with Gasteiger partial charge in [-0.1, -0.05) is 18.2 Å². The molecule has 0 aromatic heterocycles. The smallest absolute Gasteiger partial charge is 0.228 e. The van der Waals surface area contributed by atoms with E-state index in [9.17, 15) is 4.79 Å². The van der Waals surface area contributed by atoms with Crippen molar-refractivity contribution in [2.45, 2.75) is 32.1 Å². The van der Waals surface area contributed by atoms with Crippen molar-refractivity contribution in [2.75, 3.05) is 31.1 Å². The fourth-order valence-electron chi connectivity index (χ4n) is 3.19. The summed E-state index contributed by atoms with van der Waals surface area (Å²) in [6.45, 7) is 4.15. The Hall–Kier alpha value is -1.35. The van der Waals surface area contributed by atoms with E-state index >= 15 is 0 Å². The summed E-state index contributed by atoms with van der Waals surface area (Å²) < 4.78 is 0. The molecule has 102 valence electrons. The van der Waals surface area contributed by atoms with Crippen LogP contribution in [0.5, 0.6) is 0 Å². The highest BCUT2D eigenvalue weighted by Gasteiger charge is 2.22. The van der Waals surface area contributed by atoms with E-state index in [4.69, 9.17) is 0 Å². The van der Waals surface area contributed by atoms with Crippen LogP contribution in [0.25, 0.3) is 0 Å². The first-order valence-corrected chi connectivity index (χ1v) is 7.45. The van der Waals surface area contributed by atoms with Crippen molar-refractivity contribution >= 4 is 11.6 Å². The highest BCUT2D eigenvalue weighted by Crippen LogP contribution is 2.27. The minimum absolute atomic E-state index is 0.291. The fraction of sp³-hybridized carbons (Fsp3) is 0.562. The number of amides is 1. The van der Waals surface area contributed by atoms with Gasteiger partial charge in [0.2, 0.25) is 5.91 Å². The first-order chi connectivity index (χ1) is 9.34. The second-order valence-electron chi connectivity index (χ2n) is 5.58. The maximum absolute atomic E-state index is 12.4. The van der Waals surface area contributed by atoms with E-state index in [1.807, 2.05) is 11.0 Å². The van der Waals surface area contributed by atoms with Gasteiger partial charge in [0.25, 0.3) is 0 Å². The summed E-state index contributed by atoms with van der Waals surface area (Å²) in [6.07, 6.45) is 5.44. The summed E-state index contributed by atoms with van der Waals surface area (Å²) in [5.74, 6) is 0.291. The van der Waals surface area contributed by atoms with E-state index in [0.29, 0.717) is 12.3 Å². The number of nitrogens with zero attached hydrogens (tertiary/aromatic N) is 2. The minimum Gasteiger partial charge on any atom is -0.312 e. The third-order valence-electron chi connectivity index (χ3n) is 4.25. The number of carbonyl (C=O) groups excluding carboxylic acids is 1. The molecule has 3 rings (SSSR count). The molecule has 1 fully saturated rings. The molecule has 0 atom stereocenters. The predicted octanol–water partition coefficient (Wildman–Crippen LogP) is 2.45. The molecule has 2 aliphatic heterocycles. The number of hydrogen-bond donors (Lipinski definition) is 0.